The van der Waals surface area contributed by atoms with E-state index >= 15 is 0 Å². The summed E-state index contributed by atoms with van der Waals surface area (Å²) in [6.07, 6.45) is 0.970. The normalized spacial score (nSPS) is 13.2. The maximum atomic E-state index is 12.0. The molecule has 1 aromatic rings. The second-order valence-corrected chi connectivity index (χ2v) is 5.74. The highest BCUT2D eigenvalue weighted by Gasteiger charge is 2.23. The van der Waals surface area contributed by atoms with Crippen LogP contribution in [0.4, 0.5) is 0 Å². The van der Waals surface area contributed by atoms with Crippen molar-refractivity contribution < 1.29 is 4.79 Å². The molecule has 1 unspecified atom stereocenters. The molecule has 1 rings (SSSR count). The number of hydrogen-bond acceptors (Lipinski definition) is 2. The van der Waals surface area contributed by atoms with Crippen LogP contribution in [0.3, 0.4) is 0 Å². The molecular formula is C15H24N2O. The summed E-state index contributed by atoms with van der Waals surface area (Å²) in [5.41, 5.74) is 7.77. The van der Waals surface area contributed by atoms with Crippen LogP contribution in [-0.2, 0) is 0 Å². The zero-order chi connectivity index (χ0) is 13.8. The Morgan fingerprint density at radius 3 is 2.39 bits per heavy atom. The zero-order valence-corrected chi connectivity index (χ0v) is 12.0. The third-order valence-corrected chi connectivity index (χ3v) is 3.20. The van der Waals surface area contributed by atoms with Gasteiger partial charge in [0, 0.05) is 11.6 Å². The minimum atomic E-state index is -0.0733. The van der Waals surface area contributed by atoms with Crippen LogP contribution in [0.2, 0.25) is 0 Å². The van der Waals surface area contributed by atoms with Crippen molar-refractivity contribution in [1.82, 2.24) is 10.9 Å². The Hall–Kier alpha value is -1.35. The van der Waals surface area contributed by atoms with Crippen molar-refractivity contribution in [2.24, 2.45) is 5.41 Å². The average Bonchev–Trinajstić information content (AvgIpc) is 2.28. The summed E-state index contributed by atoms with van der Waals surface area (Å²) < 4.78 is 0. The van der Waals surface area contributed by atoms with E-state index in [1.807, 2.05) is 31.2 Å². The van der Waals surface area contributed by atoms with Crippen LogP contribution in [-0.4, -0.2) is 11.9 Å². The number of carbonyl (C=O) groups excluding carboxylic acids is 1. The monoisotopic (exact) mass is 248 g/mol. The quantitative estimate of drug-likeness (QED) is 0.804. The van der Waals surface area contributed by atoms with E-state index in [9.17, 15) is 4.79 Å². The van der Waals surface area contributed by atoms with Crippen LogP contribution in [0.5, 0.6) is 0 Å². The van der Waals surface area contributed by atoms with Gasteiger partial charge in [-0.2, -0.15) is 0 Å². The Morgan fingerprint density at radius 2 is 1.89 bits per heavy atom. The number of benzene rings is 1. The maximum absolute atomic E-state index is 12.0. The van der Waals surface area contributed by atoms with Gasteiger partial charge in [0.25, 0.3) is 5.91 Å². The van der Waals surface area contributed by atoms with E-state index in [1.54, 1.807) is 0 Å². The third kappa shape index (κ3) is 3.84. The first-order valence-electron chi connectivity index (χ1n) is 6.47. The fourth-order valence-electron chi connectivity index (χ4n) is 1.98. The summed E-state index contributed by atoms with van der Waals surface area (Å²) in [6.45, 7) is 10.5. The minimum absolute atomic E-state index is 0.0733. The lowest BCUT2D eigenvalue weighted by molar-refractivity contribution is 0.0905. The molecule has 0 spiro atoms. The summed E-state index contributed by atoms with van der Waals surface area (Å²) in [5, 5.41) is 0. The van der Waals surface area contributed by atoms with Crippen molar-refractivity contribution >= 4 is 5.91 Å². The molecule has 0 aliphatic heterocycles. The Balaban J connectivity index is 2.64. The average molecular weight is 248 g/mol. The van der Waals surface area contributed by atoms with Crippen molar-refractivity contribution in [2.75, 3.05) is 0 Å². The van der Waals surface area contributed by atoms with Gasteiger partial charge in [-0.3, -0.25) is 10.2 Å². The Morgan fingerprint density at radius 1 is 1.28 bits per heavy atom. The van der Waals surface area contributed by atoms with Gasteiger partial charge in [0.2, 0.25) is 0 Å². The molecule has 0 heterocycles. The van der Waals surface area contributed by atoms with Gasteiger partial charge in [-0.25, -0.2) is 5.43 Å². The van der Waals surface area contributed by atoms with Gasteiger partial charge in [0.15, 0.2) is 0 Å². The molecule has 1 atom stereocenters. The fourth-order valence-corrected chi connectivity index (χ4v) is 1.98. The molecule has 0 saturated heterocycles. The standard InChI is InChI=1S/C15H24N2O/c1-6-13(15(3,4)5)16-17-14(18)12-10-8-7-9-11(12)2/h7-10,13,16H,6H2,1-5H3,(H,17,18). The zero-order valence-electron chi connectivity index (χ0n) is 12.0. The minimum Gasteiger partial charge on any atom is -0.287 e. The molecule has 0 fully saturated rings. The maximum Gasteiger partial charge on any atom is 0.265 e. The van der Waals surface area contributed by atoms with Crippen molar-refractivity contribution in [2.45, 2.75) is 47.1 Å². The number of hydrazine groups is 1. The van der Waals surface area contributed by atoms with Crippen LogP contribution in [0.15, 0.2) is 24.3 Å². The topological polar surface area (TPSA) is 41.1 Å². The molecule has 2 N–H and O–H groups in total. The van der Waals surface area contributed by atoms with E-state index in [2.05, 4.69) is 38.5 Å². The molecule has 0 aromatic heterocycles. The lowest BCUT2D eigenvalue weighted by atomic mass is 9.86. The van der Waals surface area contributed by atoms with E-state index in [0.717, 1.165) is 12.0 Å². The Kier molecular flexibility index (Phi) is 4.91. The molecule has 1 aromatic carbocycles. The van der Waals surface area contributed by atoms with Crippen LogP contribution < -0.4 is 10.9 Å². The van der Waals surface area contributed by atoms with Crippen LogP contribution in [0.1, 0.15) is 50.0 Å². The lowest BCUT2D eigenvalue weighted by Gasteiger charge is -2.30. The van der Waals surface area contributed by atoms with E-state index in [-0.39, 0.29) is 17.4 Å². The molecule has 0 saturated carbocycles. The molecule has 0 aliphatic rings. The summed E-state index contributed by atoms with van der Waals surface area (Å²) in [6, 6.07) is 7.85. The van der Waals surface area contributed by atoms with Gasteiger partial charge in [-0.15, -0.1) is 0 Å². The van der Waals surface area contributed by atoms with Crippen LogP contribution >= 0.6 is 0 Å². The highest BCUT2D eigenvalue weighted by molar-refractivity contribution is 5.95. The largest absolute Gasteiger partial charge is 0.287 e. The number of rotatable bonds is 4. The Labute approximate surface area is 110 Å². The number of hydrogen-bond donors (Lipinski definition) is 2. The summed E-state index contributed by atoms with van der Waals surface area (Å²) in [7, 11) is 0. The van der Waals surface area contributed by atoms with Gasteiger partial charge < -0.3 is 0 Å². The summed E-state index contributed by atoms with van der Waals surface area (Å²) in [4.78, 5) is 12.0. The van der Waals surface area contributed by atoms with Crippen molar-refractivity contribution in [1.29, 1.82) is 0 Å². The SMILES string of the molecule is CCC(NNC(=O)c1ccccc1C)C(C)(C)C. The van der Waals surface area contributed by atoms with Crippen molar-refractivity contribution in [3.63, 3.8) is 0 Å². The second-order valence-electron chi connectivity index (χ2n) is 5.74. The number of carbonyl (C=O) groups is 1. The first-order chi connectivity index (χ1) is 8.36. The number of amides is 1. The van der Waals surface area contributed by atoms with Gasteiger partial charge in [0.05, 0.1) is 0 Å². The predicted molar refractivity (Wildman–Crippen MR) is 75.3 cm³/mol. The molecule has 100 valence electrons. The van der Waals surface area contributed by atoms with Crippen molar-refractivity contribution in [3.05, 3.63) is 35.4 Å². The first-order valence-corrected chi connectivity index (χ1v) is 6.47. The number of aryl methyl sites for hydroxylation is 1. The highest BCUT2D eigenvalue weighted by atomic mass is 16.2. The van der Waals surface area contributed by atoms with Crippen molar-refractivity contribution in [3.8, 4) is 0 Å². The molecular weight excluding hydrogens is 224 g/mol. The van der Waals surface area contributed by atoms with Gasteiger partial charge in [0.1, 0.15) is 0 Å². The van der Waals surface area contributed by atoms with Crippen LogP contribution in [0.25, 0.3) is 0 Å². The first kappa shape index (κ1) is 14.7. The second kappa shape index (κ2) is 6.01. The molecule has 3 heteroatoms. The summed E-state index contributed by atoms with van der Waals surface area (Å²) in [5.74, 6) is -0.0733. The van der Waals surface area contributed by atoms with Gasteiger partial charge in [-0.1, -0.05) is 45.9 Å². The molecule has 18 heavy (non-hydrogen) atoms. The molecule has 3 nitrogen and oxygen atoms in total. The molecule has 1 amide bonds. The van der Waals surface area contributed by atoms with Crippen LogP contribution in [0, 0.1) is 12.3 Å². The molecule has 0 radical (unpaired) electrons. The Bertz CT molecular complexity index is 407. The third-order valence-electron chi connectivity index (χ3n) is 3.20. The van der Waals surface area contributed by atoms with E-state index in [4.69, 9.17) is 0 Å². The smallest absolute Gasteiger partial charge is 0.265 e. The number of nitrogens with one attached hydrogen (secondary N) is 2. The highest BCUT2D eigenvalue weighted by Crippen LogP contribution is 2.20. The fraction of sp³-hybridized carbons (Fsp3) is 0.533. The van der Waals surface area contributed by atoms with E-state index in [0.29, 0.717) is 5.56 Å². The predicted octanol–water partition coefficient (Wildman–Crippen LogP) is 3.05. The lowest BCUT2D eigenvalue weighted by Crippen LogP contribution is -2.49. The van der Waals surface area contributed by atoms with E-state index < -0.39 is 0 Å². The van der Waals surface area contributed by atoms with E-state index in [1.165, 1.54) is 0 Å². The molecule has 0 bridgehead atoms. The van der Waals surface area contributed by atoms with Gasteiger partial charge >= 0.3 is 0 Å². The molecule has 0 aliphatic carbocycles. The van der Waals surface area contributed by atoms with Gasteiger partial charge in [-0.05, 0) is 30.4 Å². The summed E-state index contributed by atoms with van der Waals surface area (Å²) >= 11 is 0.